The standard InChI is InChI=1S/C11H20FN/c1-8-2-4-9(5-3-8)11(12)6-10(13)7-11/h8-10H,2-7,13H2,1H3. The van der Waals surface area contributed by atoms with Gasteiger partial charge in [-0.05, 0) is 37.5 Å². The van der Waals surface area contributed by atoms with Gasteiger partial charge in [0.05, 0.1) is 0 Å². The monoisotopic (exact) mass is 185 g/mol. The Morgan fingerprint density at radius 2 is 1.69 bits per heavy atom. The highest BCUT2D eigenvalue weighted by atomic mass is 19.1. The third kappa shape index (κ3) is 1.74. The summed E-state index contributed by atoms with van der Waals surface area (Å²) in [4.78, 5) is 0. The van der Waals surface area contributed by atoms with Crippen LogP contribution in [0, 0.1) is 11.8 Å². The van der Waals surface area contributed by atoms with Crippen LogP contribution in [0.15, 0.2) is 0 Å². The summed E-state index contributed by atoms with van der Waals surface area (Å²) in [6.07, 6.45) is 5.84. The molecule has 0 bridgehead atoms. The van der Waals surface area contributed by atoms with E-state index < -0.39 is 5.67 Å². The number of rotatable bonds is 1. The lowest BCUT2D eigenvalue weighted by atomic mass is 9.64. The molecule has 0 saturated heterocycles. The van der Waals surface area contributed by atoms with Gasteiger partial charge in [0.25, 0.3) is 0 Å². The highest BCUT2D eigenvalue weighted by Gasteiger charge is 2.49. The lowest BCUT2D eigenvalue weighted by molar-refractivity contribution is -0.0348. The third-order valence-corrected chi connectivity index (χ3v) is 3.95. The molecule has 0 radical (unpaired) electrons. The molecule has 13 heavy (non-hydrogen) atoms. The van der Waals surface area contributed by atoms with Crippen LogP contribution in [-0.4, -0.2) is 11.7 Å². The quantitative estimate of drug-likeness (QED) is 0.667. The second-order valence-corrected chi connectivity index (χ2v) is 5.16. The first kappa shape index (κ1) is 9.45. The molecule has 0 aromatic heterocycles. The largest absolute Gasteiger partial charge is 0.327 e. The molecule has 0 spiro atoms. The highest BCUT2D eigenvalue weighted by molar-refractivity contribution is 5.02. The molecule has 2 aliphatic carbocycles. The minimum Gasteiger partial charge on any atom is -0.327 e. The van der Waals surface area contributed by atoms with E-state index in [1.807, 2.05) is 0 Å². The predicted octanol–water partition coefficient (Wildman–Crippen LogP) is 2.64. The van der Waals surface area contributed by atoms with Gasteiger partial charge in [-0.1, -0.05) is 19.8 Å². The first-order valence-corrected chi connectivity index (χ1v) is 5.54. The van der Waals surface area contributed by atoms with Gasteiger partial charge < -0.3 is 5.73 Å². The van der Waals surface area contributed by atoms with E-state index in [2.05, 4.69) is 6.92 Å². The van der Waals surface area contributed by atoms with Gasteiger partial charge in [-0.25, -0.2) is 4.39 Å². The van der Waals surface area contributed by atoms with Crippen LogP contribution in [0.1, 0.15) is 45.4 Å². The summed E-state index contributed by atoms with van der Waals surface area (Å²) in [5.74, 6) is 1.14. The molecule has 0 aromatic rings. The summed E-state index contributed by atoms with van der Waals surface area (Å²) in [7, 11) is 0. The Morgan fingerprint density at radius 1 is 1.15 bits per heavy atom. The Morgan fingerprint density at radius 3 is 2.15 bits per heavy atom. The maximum Gasteiger partial charge on any atom is 0.116 e. The Kier molecular flexibility index (Phi) is 2.35. The Hall–Kier alpha value is -0.110. The van der Waals surface area contributed by atoms with Gasteiger partial charge in [0, 0.05) is 6.04 Å². The third-order valence-electron chi connectivity index (χ3n) is 3.95. The minimum absolute atomic E-state index is 0.143. The van der Waals surface area contributed by atoms with E-state index in [1.165, 1.54) is 12.8 Å². The van der Waals surface area contributed by atoms with Crippen molar-refractivity contribution in [1.29, 1.82) is 0 Å². The van der Waals surface area contributed by atoms with Gasteiger partial charge in [0.1, 0.15) is 5.67 Å². The Bertz CT molecular complexity index is 179. The summed E-state index contributed by atoms with van der Waals surface area (Å²) in [5, 5.41) is 0. The fourth-order valence-electron chi connectivity index (χ4n) is 2.92. The lowest BCUT2D eigenvalue weighted by Crippen LogP contribution is -2.53. The fourth-order valence-corrected chi connectivity index (χ4v) is 2.92. The van der Waals surface area contributed by atoms with E-state index in [0.717, 1.165) is 18.8 Å². The van der Waals surface area contributed by atoms with E-state index in [9.17, 15) is 4.39 Å². The number of halogens is 1. The van der Waals surface area contributed by atoms with Gasteiger partial charge in [0.15, 0.2) is 0 Å². The number of alkyl halides is 1. The molecule has 2 aliphatic rings. The van der Waals surface area contributed by atoms with E-state index in [1.54, 1.807) is 0 Å². The Balaban J connectivity index is 1.88. The van der Waals surface area contributed by atoms with Crippen molar-refractivity contribution >= 4 is 0 Å². The zero-order chi connectivity index (χ0) is 9.47. The smallest absolute Gasteiger partial charge is 0.116 e. The Labute approximate surface area is 79.9 Å². The molecule has 2 rings (SSSR count). The molecule has 2 saturated carbocycles. The van der Waals surface area contributed by atoms with Crippen molar-refractivity contribution < 1.29 is 4.39 Å². The van der Waals surface area contributed by atoms with Crippen LogP contribution in [0.2, 0.25) is 0 Å². The average Bonchev–Trinajstić information content (AvgIpc) is 2.03. The summed E-state index contributed by atoms with van der Waals surface area (Å²) in [6, 6.07) is 0.143. The highest BCUT2D eigenvalue weighted by Crippen LogP contribution is 2.47. The minimum atomic E-state index is -0.875. The van der Waals surface area contributed by atoms with Crippen molar-refractivity contribution in [3.63, 3.8) is 0 Å². The van der Waals surface area contributed by atoms with Gasteiger partial charge in [0.2, 0.25) is 0 Å². The molecular weight excluding hydrogens is 165 g/mol. The normalized spacial score (nSPS) is 51.5. The van der Waals surface area contributed by atoms with E-state index in [4.69, 9.17) is 5.73 Å². The second kappa shape index (κ2) is 3.23. The summed E-state index contributed by atoms with van der Waals surface area (Å²) in [5.41, 5.74) is 4.77. The van der Waals surface area contributed by atoms with E-state index >= 15 is 0 Å². The van der Waals surface area contributed by atoms with Crippen LogP contribution >= 0.6 is 0 Å². The van der Waals surface area contributed by atoms with Crippen molar-refractivity contribution in [3.05, 3.63) is 0 Å². The lowest BCUT2D eigenvalue weighted by Gasteiger charge is -2.47. The topological polar surface area (TPSA) is 26.0 Å². The van der Waals surface area contributed by atoms with E-state index in [0.29, 0.717) is 18.8 Å². The van der Waals surface area contributed by atoms with Crippen LogP contribution in [-0.2, 0) is 0 Å². The summed E-state index contributed by atoms with van der Waals surface area (Å²) < 4.78 is 14.1. The molecule has 0 unspecified atom stereocenters. The van der Waals surface area contributed by atoms with E-state index in [-0.39, 0.29) is 6.04 Å². The zero-order valence-corrected chi connectivity index (χ0v) is 8.43. The maximum absolute atomic E-state index is 14.1. The molecule has 0 aromatic carbocycles. The SMILES string of the molecule is CC1CCC(C2(F)CC(N)C2)CC1. The molecule has 2 heteroatoms. The van der Waals surface area contributed by atoms with Gasteiger partial charge >= 0.3 is 0 Å². The van der Waals surface area contributed by atoms with Gasteiger partial charge in [-0.15, -0.1) is 0 Å². The van der Waals surface area contributed by atoms with Crippen molar-refractivity contribution in [2.45, 2.75) is 57.2 Å². The van der Waals surface area contributed by atoms with Crippen LogP contribution in [0.3, 0.4) is 0 Å². The van der Waals surface area contributed by atoms with Crippen molar-refractivity contribution in [1.82, 2.24) is 0 Å². The van der Waals surface area contributed by atoms with Crippen molar-refractivity contribution in [2.75, 3.05) is 0 Å². The fraction of sp³-hybridized carbons (Fsp3) is 1.00. The number of hydrogen-bond acceptors (Lipinski definition) is 1. The zero-order valence-electron chi connectivity index (χ0n) is 8.43. The molecule has 76 valence electrons. The molecule has 0 atom stereocenters. The molecule has 0 heterocycles. The van der Waals surface area contributed by atoms with Crippen molar-refractivity contribution in [2.24, 2.45) is 17.6 Å². The predicted molar refractivity (Wildman–Crippen MR) is 52.2 cm³/mol. The molecule has 0 aliphatic heterocycles. The second-order valence-electron chi connectivity index (χ2n) is 5.16. The van der Waals surface area contributed by atoms with Crippen LogP contribution in [0.25, 0.3) is 0 Å². The number of nitrogens with two attached hydrogens (primary N) is 1. The molecule has 2 fully saturated rings. The van der Waals surface area contributed by atoms with Gasteiger partial charge in [-0.3, -0.25) is 0 Å². The molecule has 1 nitrogen and oxygen atoms in total. The van der Waals surface area contributed by atoms with Crippen LogP contribution in [0.5, 0.6) is 0 Å². The van der Waals surface area contributed by atoms with Crippen LogP contribution in [0.4, 0.5) is 4.39 Å². The van der Waals surface area contributed by atoms with Gasteiger partial charge in [-0.2, -0.15) is 0 Å². The summed E-state index contributed by atoms with van der Waals surface area (Å²) in [6.45, 7) is 2.27. The maximum atomic E-state index is 14.1. The summed E-state index contributed by atoms with van der Waals surface area (Å²) >= 11 is 0. The number of hydrogen-bond donors (Lipinski definition) is 1. The first-order valence-electron chi connectivity index (χ1n) is 5.54. The average molecular weight is 185 g/mol. The van der Waals surface area contributed by atoms with Crippen LogP contribution < -0.4 is 5.73 Å². The molecule has 2 N–H and O–H groups in total. The first-order chi connectivity index (χ1) is 6.10. The molecule has 0 amide bonds. The molecular formula is C11H20FN. The van der Waals surface area contributed by atoms with Crippen molar-refractivity contribution in [3.8, 4) is 0 Å².